The van der Waals surface area contributed by atoms with E-state index in [2.05, 4.69) is 15.6 Å². The Hall–Kier alpha value is -3.62. The first-order valence-corrected chi connectivity index (χ1v) is 12.3. The van der Waals surface area contributed by atoms with Gasteiger partial charge in [0.1, 0.15) is 29.4 Å². The van der Waals surface area contributed by atoms with Crippen molar-refractivity contribution in [2.24, 2.45) is 11.8 Å². The molecule has 0 radical (unpaired) electrons. The van der Waals surface area contributed by atoms with Gasteiger partial charge in [-0.3, -0.25) is 14.4 Å². The lowest BCUT2D eigenvalue weighted by atomic mass is 9.71. The summed E-state index contributed by atoms with van der Waals surface area (Å²) < 4.78 is 58.3. The minimum absolute atomic E-state index is 0.00224. The van der Waals surface area contributed by atoms with Gasteiger partial charge >= 0.3 is 0 Å². The molecule has 1 saturated carbocycles. The predicted molar refractivity (Wildman–Crippen MR) is 122 cm³/mol. The minimum atomic E-state index is -3.22. The molecule has 3 N–H and O–H groups in total. The van der Waals surface area contributed by atoms with Crippen LogP contribution in [-0.4, -0.2) is 58.2 Å². The lowest BCUT2D eigenvalue weighted by Crippen LogP contribution is -2.68. The number of aromatic amines is 1. The second kappa shape index (κ2) is 9.36. The molecule has 5 unspecified atom stereocenters. The van der Waals surface area contributed by atoms with Crippen molar-refractivity contribution in [1.82, 2.24) is 20.5 Å². The molecule has 3 aliphatic heterocycles. The molecule has 3 saturated heterocycles. The van der Waals surface area contributed by atoms with Crippen molar-refractivity contribution >= 4 is 28.6 Å². The number of piperidine rings is 3. The molecule has 8 nitrogen and oxygen atoms in total. The first-order valence-electron chi connectivity index (χ1n) is 12.3. The summed E-state index contributed by atoms with van der Waals surface area (Å²) in [6, 6.07) is 1.14. The first kappa shape index (κ1) is 25.0. The number of amides is 3. The van der Waals surface area contributed by atoms with Gasteiger partial charge in [0.2, 0.25) is 11.8 Å². The van der Waals surface area contributed by atoms with Crippen LogP contribution in [0.3, 0.4) is 0 Å². The summed E-state index contributed by atoms with van der Waals surface area (Å²) in [6.45, 7) is 0.526. The number of rotatable bonds is 5. The zero-order valence-electron chi connectivity index (χ0n) is 19.7. The Morgan fingerprint density at radius 2 is 1.97 bits per heavy atom. The Morgan fingerprint density at radius 3 is 2.65 bits per heavy atom. The van der Waals surface area contributed by atoms with Crippen molar-refractivity contribution in [2.75, 3.05) is 6.54 Å². The lowest BCUT2D eigenvalue weighted by Gasteiger charge is -2.53. The van der Waals surface area contributed by atoms with Crippen LogP contribution in [0.2, 0.25) is 0 Å². The fraction of sp³-hybridized carbons (Fsp3) is 0.520. The van der Waals surface area contributed by atoms with Crippen molar-refractivity contribution in [3.05, 3.63) is 35.5 Å². The molecule has 4 heterocycles. The van der Waals surface area contributed by atoms with Crippen LogP contribution in [0.15, 0.2) is 18.2 Å². The number of nitriles is 1. The molecule has 1 aromatic carbocycles. The molecule has 5 atom stereocenters. The van der Waals surface area contributed by atoms with E-state index < -0.39 is 65.8 Å². The van der Waals surface area contributed by atoms with Gasteiger partial charge in [0.15, 0.2) is 0 Å². The largest absolute Gasteiger partial charge is 0.356 e. The monoisotopic (exact) mass is 519 g/mol. The molecule has 0 spiro atoms. The van der Waals surface area contributed by atoms with Crippen molar-refractivity contribution in [2.45, 2.75) is 62.6 Å². The summed E-state index contributed by atoms with van der Waals surface area (Å²) in [7, 11) is 0. The molecule has 196 valence electrons. The second-order valence-corrected chi connectivity index (χ2v) is 10.0. The average molecular weight is 519 g/mol. The van der Waals surface area contributed by atoms with E-state index in [1.165, 1.54) is 0 Å². The topological polar surface area (TPSA) is 118 Å². The normalized spacial score (nSPS) is 27.4. The van der Waals surface area contributed by atoms with Gasteiger partial charge in [0.05, 0.1) is 17.5 Å². The Kier molecular flexibility index (Phi) is 6.33. The summed E-state index contributed by atoms with van der Waals surface area (Å²) >= 11 is 0. The van der Waals surface area contributed by atoms with Crippen LogP contribution in [0, 0.1) is 34.8 Å². The van der Waals surface area contributed by atoms with Crippen LogP contribution in [0.5, 0.6) is 0 Å². The molecule has 12 heteroatoms. The zero-order chi connectivity index (χ0) is 26.5. The van der Waals surface area contributed by atoms with Crippen molar-refractivity contribution in [3.8, 4) is 6.07 Å². The highest BCUT2D eigenvalue weighted by Crippen LogP contribution is 2.49. The fourth-order valence-corrected chi connectivity index (χ4v) is 5.95. The van der Waals surface area contributed by atoms with Crippen LogP contribution in [-0.2, 0) is 9.59 Å². The molecule has 3 amide bonds. The average Bonchev–Trinajstić information content (AvgIpc) is 3.33. The number of carbonyl (C=O) groups is 3. The Balaban J connectivity index is 1.43. The van der Waals surface area contributed by atoms with E-state index in [1.807, 2.05) is 6.07 Å². The molecule has 37 heavy (non-hydrogen) atoms. The van der Waals surface area contributed by atoms with Crippen molar-refractivity contribution < 1.29 is 31.9 Å². The predicted octanol–water partition coefficient (Wildman–Crippen LogP) is 3.00. The number of hydrogen-bond donors (Lipinski definition) is 3. The number of alkyl halides is 2. The number of nitrogens with zero attached hydrogens (tertiary/aromatic N) is 2. The van der Waals surface area contributed by atoms with Crippen molar-refractivity contribution in [1.29, 1.82) is 5.26 Å². The van der Waals surface area contributed by atoms with Crippen LogP contribution in [0.4, 0.5) is 17.6 Å². The van der Waals surface area contributed by atoms with Crippen LogP contribution in [0.25, 0.3) is 10.9 Å². The molecule has 1 aliphatic carbocycles. The summed E-state index contributed by atoms with van der Waals surface area (Å²) in [5, 5.41) is 14.6. The molecule has 2 bridgehead atoms. The number of nitrogens with one attached hydrogen (secondary N) is 3. The third kappa shape index (κ3) is 4.40. The number of hydrogen-bond acceptors (Lipinski definition) is 4. The molecule has 2 aromatic rings. The quantitative estimate of drug-likeness (QED) is 0.527. The standard InChI is InChI=1S/C25H25F4N5O3/c26-17-5-6-18(27)20-15(17)9-19(33-20)24(37)34-14-3-4-16(25(28,29)10-14)21(34)23(36)32-13(11-30)8-12-2-1-7-31-22(12)35/h5-6,9,12-14,16,21,33H,1-4,7-8,10H2,(H,31,35)(H,32,36). The van der Waals surface area contributed by atoms with E-state index >= 15 is 0 Å². The third-order valence-electron chi connectivity index (χ3n) is 7.75. The van der Waals surface area contributed by atoms with Gasteiger partial charge < -0.3 is 20.5 Å². The first-order chi connectivity index (χ1) is 17.6. The van der Waals surface area contributed by atoms with E-state index in [9.17, 15) is 37.2 Å². The molecule has 4 aliphatic rings. The highest BCUT2D eigenvalue weighted by Gasteiger charge is 2.60. The number of fused-ring (bicyclic) bond motifs is 4. The fourth-order valence-electron chi connectivity index (χ4n) is 5.95. The van der Waals surface area contributed by atoms with E-state index in [0.29, 0.717) is 13.0 Å². The zero-order valence-corrected chi connectivity index (χ0v) is 19.7. The van der Waals surface area contributed by atoms with Gasteiger partial charge in [-0.05, 0) is 50.3 Å². The van der Waals surface area contributed by atoms with Gasteiger partial charge in [-0.2, -0.15) is 5.26 Å². The van der Waals surface area contributed by atoms with Crippen molar-refractivity contribution in [3.63, 3.8) is 0 Å². The second-order valence-electron chi connectivity index (χ2n) is 10.0. The molecule has 6 rings (SSSR count). The Labute approximate surface area is 209 Å². The van der Waals surface area contributed by atoms with E-state index in [0.717, 1.165) is 29.5 Å². The molecular weight excluding hydrogens is 494 g/mol. The van der Waals surface area contributed by atoms with Gasteiger partial charge in [-0.1, -0.05) is 0 Å². The van der Waals surface area contributed by atoms with Gasteiger partial charge in [0.25, 0.3) is 11.8 Å². The highest BCUT2D eigenvalue weighted by molar-refractivity contribution is 6.01. The summed E-state index contributed by atoms with van der Waals surface area (Å²) in [5.74, 6) is -8.76. The Bertz CT molecular complexity index is 1270. The molecular formula is C25H25F4N5O3. The van der Waals surface area contributed by atoms with Crippen LogP contribution in [0.1, 0.15) is 49.0 Å². The summed E-state index contributed by atoms with van der Waals surface area (Å²) in [4.78, 5) is 42.6. The van der Waals surface area contributed by atoms with Gasteiger partial charge in [-0.15, -0.1) is 0 Å². The van der Waals surface area contributed by atoms with Gasteiger partial charge in [0, 0.05) is 30.3 Å². The van der Waals surface area contributed by atoms with Gasteiger partial charge in [-0.25, -0.2) is 17.6 Å². The number of carbonyl (C=O) groups excluding carboxylic acids is 3. The number of H-pyrrole nitrogens is 1. The smallest absolute Gasteiger partial charge is 0.271 e. The maximum Gasteiger partial charge on any atom is 0.271 e. The maximum absolute atomic E-state index is 14.9. The van der Waals surface area contributed by atoms with Crippen LogP contribution >= 0.6 is 0 Å². The number of aromatic nitrogens is 1. The Morgan fingerprint density at radius 1 is 1.22 bits per heavy atom. The SMILES string of the molecule is N#CC(CC1CCCNC1=O)NC(=O)C1C2CCC(CC2(F)F)N1C(=O)c1cc2c(F)ccc(F)c2[nH]1. The maximum atomic E-state index is 14.9. The third-order valence-corrected chi connectivity index (χ3v) is 7.75. The minimum Gasteiger partial charge on any atom is -0.356 e. The molecule has 4 fully saturated rings. The number of benzene rings is 1. The van der Waals surface area contributed by atoms with E-state index in [1.54, 1.807) is 0 Å². The molecule has 1 aromatic heterocycles. The van der Waals surface area contributed by atoms with Crippen LogP contribution < -0.4 is 10.6 Å². The lowest BCUT2D eigenvalue weighted by molar-refractivity contribution is -0.179. The van der Waals surface area contributed by atoms with E-state index in [4.69, 9.17) is 0 Å². The summed E-state index contributed by atoms with van der Waals surface area (Å²) in [6.07, 6.45) is 0.861. The number of halogens is 4. The summed E-state index contributed by atoms with van der Waals surface area (Å²) in [5.41, 5.74) is -0.476. The highest BCUT2D eigenvalue weighted by atomic mass is 19.3. The van der Waals surface area contributed by atoms with E-state index in [-0.39, 0.29) is 41.8 Å².